The van der Waals surface area contributed by atoms with E-state index in [-0.39, 0.29) is 22.3 Å². The van der Waals surface area contributed by atoms with Gasteiger partial charge in [-0.05, 0) is 19.1 Å². The van der Waals surface area contributed by atoms with Crippen LogP contribution in [0.1, 0.15) is 6.92 Å². The van der Waals surface area contributed by atoms with E-state index in [1.165, 1.54) is 17.9 Å². The van der Waals surface area contributed by atoms with Crippen LogP contribution in [0, 0.1) is 11.3 Å². The molecule has 0 bridgehead atoms. The van der Waals surface area contributed by atoms with Crippen molar-refractivity contribution in [3.05, 3.63) is 43.8 Å². The minimum Gasteiger partial charge on any atom is -0.482 e. The van der Waals surface area contributed by atoms with Crippen molar-refractivity contribution in [3.8, 4) is 11.8 Å². The summed E-state index contributed by atoms with van der Waals surface area (Å²) in [4.78, 5) is 36.0. The molecule has 0 aliphatic rings. The van der Waals surface area contributed by atoms with Gasteiger partial charge in [0.2, 0.25) is 0 Å². The molecule has 12 heteroatoms. The average molecular weight is 466 g/mol. The van der Waals surface area contributed by atoms with Gasteiger partial charge in [0.05, 0.1) is 13.7 Å². The molecule has 0 aliphatic heterocycles. The van der Waals surface area contributed by atoms with Crippen LogP contribution < -0.4 is 30.1 Å². The number of anilines is 1. The Labute approximate surface area is 185 Å². The van der Waals surface area contributed by atoms with E-state index in [9.17, 15) is 28.4 Å². The topological polar surface area (TPSA) is 122 Å². The maximum absolute atomic E-state index is 12.7. The van der Waals surface area contributed by atoms with Crippen LogP contribution in [0.3, 0.4) is 0 Å². The molecule has 0 fully saturated rings. The quantitative estimate of drug-likeness (QED) is 0.513. The number of hydrogen-bond donors (Lipinski definition) is 2. The van der Waals surface area contributed by atoms with Gasteiger partial charge in [0.15, 0.2) is 12.2 Å². The summed E-state index contributed by atoms with van der Waals surface area (Å²) in [5, 5.41) is 14.3. The lowest BCUT2D eigenvalue weighted by molar-refractivity contribution is -0.142. The van der Waals surface area contributed by atoms with E-state index in [4.69, 9.17) is 4.74 Å². The maximum Gasteiger partial charge on any atom is 0.343 e. The van der Waals surface area contributed by atoms with Crippen LogP contribution in [0.15, 0.2) is 29.1 Å². The number of rotatable bonds is 9. The predicted molar refractivity (Wildman–Crippen MR) is 114 cm³/mol. The molecule has 0 unspecified atom stereocenters. The fourth-order valence-electron chi connectivity index (χ4n) is 2.47. The molecule has 0 radical (unpaired) electrons. The molecule has 1 aromatic heterocycles. The van der Waals surface area contributed by atoms with E-state index in [0.29, 0.717) is 11.4 Å². The van der Waals surface area contributed by atoms with Crippen molar-refractivity contribution >= 4 is 40.7 Å². The van der Waals surface area contributed by atoms with Crippen LogP contribution in [-0.4, -0.2) is 43.1 Å². The summed E-state index contributed by atoms with van der Waals surface area (Å²) in [6, 6.07) is 8.28. The number of ether oxygens (including phenoxy) is 2. The number of alkyl halides is 2. The van der Waals surface area contributed by atoms with Crippen molar-refractivity contribution in [2.24, 2.45) is 0 Å². The lowest BCUT2D eigenvalue weighted by atomic mass is 10.3. The SMILES string of the molecule is CCn1c(=C(C#N)C(=O)NCC(F)F)sc(=CNc2cccc(OCC(=O)OC)c2)c1=O. The Morgan fingerprint density at radius 1 is 1.38 bits per heavy atom. The molecule has 1 amide bonds. The van der Waals surface area contributed by atoms with E-state index in [0.717, 1.165) is 11.3 Å². The second-order valence-corrected chi connectivity index (χ2v) is 7.12. The van der Waals surface area contributed by atoms with Gasteiger partial charge in [-0.25, -0.2) is 13.6 Å². The number of amides is 1. The molecule has 1 heterocycles. The van der Waals surface area contributed by atoms with Gasteiger partial charge in [0.25, 0.3) is 17.9 Å². The van der Waals surface area contributed by atoms with Crippen molar-refractivity contribution in [2.45, 2.75) is 19.9 Å². The van der Waals surface area contributed by atoms with E-state index in [1.807, 2.05) is 5.32 Å². The Hall–Kier alpha value is -3.72. The monoisotopic (exact) mass is 466 g/mol. The Morgan fingerprint density at radius 2 is 2.12 bits per heavy atom. The zero-order valence-electron chi connectivity index (χ0n) is 17.2. The first-order chi connectivity index (χ1) is 15.3. The highest BCUT2D eigenvalue weighted by Crippen LogP contribution is 2.17. The van der Waals surface area contributed by atoms with Gasteiger partial charge in [0, 0.05) is 24.5 Å². The molecule has 32 heavy (non-hydrogen) atoms. The van der Waals surface area contributed by atoms with Gasteiger partial charge in [0.1, 0.15) is 21.0 Å². The van der Waals surface area contributed by atoms with Gasteiger partial charge in [-0.15, -0.1) is 11.3 Å². The fraction of sp³-hybridized carbons (Fsp3) is 0.300. The van der Waals surface area contributed by atoms with Crippen LogP contribution in [0.25, 0.3) is 11.8 Å². The number of carbonyl (C=O) groups is 2. The van der Waals surface area contributed by atoms with Gasteiger partial charge >= 0.3 is 5.97 Å². The summed E-state index contributed by atoms with van der Waals surface area (Å²) in [6.07, 6.45) is -1.37. The van der Waals surface area contributed by atoms with E-state index >= 15 is 0 Å². The maximum atomic E-state index is 12.7. The summed E-state index contributed by atoms with van der Waals surface area (Å²) in [7, 11) is 1.24. The smallest absolute Gasteiger partial charge is 0.343 e. The highest BCUT2D eigenvalue weighted by molar-refractivity contribution is 7.07. The number of hydrogen-bond acceptors (Lipinski definition) is 8. The number of nitrogens with zero attached hydrogens (tertiary/aromatic N) is 2. The fourth-order valence-corrected chi connectivity index (χ4v) is 3.56. The number of benzene rings is 1. The third-order valence-corrected chi connectivity index (χ3v) is 5.11. The number of aromatic nitrogens is 1. The summed E-state index contributed by atoms with van der Waals surface area (Å²) in [6.45, 7) is 0.659. The number of methoxy groups -OCH3 is 1. The molecular weight excluding hydrogens is 446 g/mol. The minimum absolute atomic E-state index is 0.0648. The number of nitrogens with one attached hydrogen (secondary N) is 2. The average Bonchev–Trinajstić information content (AvgIpc) is 3.10. The lowest BCUT2D eigenvalue weighted by Gasteiger charge is -2.06. The number of thiazole rings is 1. The van der Waals surface area contributed by atoms with Gasteiger partial charge < -0.3 is 20.1 Å². The Bertz CT molecular complexity index is 1200. The standard InChI is InChI=1S/C20H20F2N4O5S/c1-3-26-19(29)15(32-20(26)14(8-23)18(28)25-10-16(21)22)9-24-12-5-4-6-13(7-12)31-11-17(27)30-2/h4-7,9,16,24H,3,10-11H2,1-2H3,(H,25,28). The Balaban J connectivity index is 2.37. The largest absolute Gasteiger partial charge is 0.482 e. The number of esters is 1. The first-order valence-electron chi connectivity index (χ1n) is 9.27. The molecule has 0 spiro atoms. The van der Waals surface area contributed by atoms with E-state index in [1.54, 1.807) is 37.3 Å². The summed E-state index contributed by atoms with van der Waals surface area (Å²) >= 11 is 0.879. The van der Waals surface area contributed by atoms with Crippen molar-refractivity contribution < 1.29 is 27.8 Å². The van der Waals surface area contributed by atoms with Crippen molar-refractivity contribution in [2.75, 3.05) is 25.6 Å². The molecule has 0 saturated carbocycles. The Kier molecular flexibility index (Phi) is 8.91. The normalized spacial score (nSPS) is 12.2. The second kappa shape index (κ2) is 11.6. The molecular formula is C20H20F2N4O5S. The van der Waals surface area contributed by atoms with E-state index in [2.05, 4.69) is 10.1 Å². The van der Waals surface area contributed by atoms with Crippen molar-refractivity contribution in [1.82, 2.24) is 9.88 Å². The summed E-state index contributed by atoms with van der Waals surface area (Å²) in [5.41, 5.74) is -0.330. The summed E-state index contributed by atoms with van der Waals surface area (Å²) < 4.78 is 36.0. The third kappa shape index (κ3) is 6.39. The summed E-state index contributed by atoms with van der Waals surface area (Å²) in [5.74, 6) is -1.13. The first-order valence-corrected chi connectivity index (χ1v) is 10.1. The van der Waals surface area contributed by atoms with Gasteiger partial charge in [-0.2, -0.15) is 5.26 Å². The van der Waals surface area contributed by atoms with Crippen LogP contribution in [0.4, 0.5) is 14.5 Å². The van der Waals surface area contributed by atoms with Crippen LogP contribution >= 0.6 is 11.3 Å². The predicted octanol–water partition coefficient (Wildman–Crippen LogP) is 0.387. The highest BCUT2D eigenvalue weighted by Gasteiger charge is 2.16. The third-order valence-electron chi connectivity index (χ3n) is 3.98. The molecule has 1 aromatic carbocycles. The first kappa shape index (κ1) is 24.5. The van der Waals surface area contributed by atoms with Crippen LogP contribution in [-0.2, 0) is 20.9 Å². The number of nitriles is 1. The molecule has 0 saturated heterocycles. The zero-order chi connectivity index (χ0) is 23.7. The van der Waals surface area contributed by atoms with Crippen LogP contribution in [0.5, 0.6) is 5.75 Å². The minimum atomic E-state index is -2.77. The molecule has 2 N–H and O–H groups in total. The van der Waals surface area contributed by atoms with Crippen molar-refractivity contribution in [1.29, 1.82) is 5.26 Å². The molecule has 170 valence electrons. The molecule has 2 aromatic rings. The molecule has 2 rings (SSSR count). The van der Waals surface area contributed by atoms with E-state index < -0.39 is 36.0 Å². The second-order valence-electron chi connectivity index (χ2n) is 6.09. The van der Waals surface area contributed by atoms with Gasteiger partial charge in [-0.3, -0.25) is 14.2 Å². The molecule has 9 nitrogen and oxygen atoms in total. The molecule has 0 aliphatic carbocycles. The molecule has 0 atom stereocenters. The highest BCUT2D eigenvalue weighted by atomic mass is 32.1. The Morgan fingerprint density at radius 3 is 2.75 bits per heavy atom. The number of halogens is 2. The number of carbonyl (C=O) groups excluding carboxylic acids is 2. The van der Waals surface area contributed by atoms with Crippen molar-refractivity contribution in [3.63, 3.8) is 0 Å². The van der Waals surface area contributed by atoms with Gasteiger partial charge in [-0.1, -0.05) is 6.07 Å². The lowest BCUT2D eigenvalue weighted by Crippen LogP contribution is -2.35. The zero-order valence-corrected chi connectivity index (χ0v) is 18.0. The van der Waals surface area contributed by atoms with Crippen LogP contribution in [0.2, 0.25) is 0 Å².